The van der Waals surface area contributed by atoms with Crippen molar-refractivity contribution in [3.63, 3.8) is 0 Å². The third kappa shape index (κ3) is 3.20. The van der Waals surface area contributed by atoms with Crippen LogP contribution in [0.5, 0.6) is 0 Å². The molecule has 0 spiro atoms. The molecule has 2 N–H and O–H groups in total. The second kappa shape index (κ2) is 5.19. The van der Waals surface area contributed by atoms with Gasteiger partial charge in [-0.1, -0.05) is 18.2 Å². The Morgan fingerprint density at radius 3 is 2.41 bits per heavy atom. The number of anilines is 1. The van der Waals surface area contributed by atoms with Crippen LogP contribution < -0.4 is 5.32 Å². The lowest BCUT2D eigenvalue weighted by molar-refractivity contribution is -0.158. The zero-order valence-corrected chi connectivity index (χ0v) is 10.7. The van der Waals surface area contributed by atoms with Crippen LogP contribution in [0.1, 0.15) is 18.1 Å². The fourth-order valence-electron chi connectivity index (χ4n) is 1.65. The van der Waals surface area contributed by atoms with Gasteiger partial charge < -0.3 is 15.2 Å². The van der Waals surface area contributed by atoms with Crippen molar-refractivity contribution in [2.75, 3.05) is 19.0 Å². The number of hydrogen-bond acceptors (Lipinski definition) is 4. The van der Waals surface area contributed by atoms with E-state index in [1.165, 1.54) is 14.0 Å². The topological polar surface area (TPSA) is 58.6 Å². The number of esters is 1. The molecule has 1 atom stereocenters. The Hall–Kier alpha value is -1.55. The highest BCUT2D eigenvalue weighted by molar-refractivity contribution is 5.79. The zero-order chi connectivity index (χ0) is 13.1. The van der Waals surface area contributed by atoms with Gasteiger partial charge in [-0.05, 0) is 31.9 Å². The Labute approximate surface area is 102 Å². The molecule has 0 saturated heterocycles. The fourth-order valence-corrected chi connectivity index (χ4v) is 1.65. The van der Waals surface area contributed by atoms with Gasteiger partial charge >= 0.3 is 5.97 Å². The highest BCUT2D eigenvalue weighted by Crippen LogP contribution is 2.20. The van der Waals surface area contributed by atoms with Crippen molar-refractivity contribution in [1.82, 2.24) is 0 Å². The summed E-state index contributed by atoms with van der Waals surface area (Å²) in [4.78, 5) is 11.3. The maximum atomic E-state index is 11.3. The minimum atomic E-state index is -1.52. The second-order valence-electron chi connectivity index (χ2n) is 4.39. The highest BCUT2D eigenvalue weighted by Gasteiger charge is 2.31. The minimum absolute atomic E-state index is 0.116. The third-order valence-corrected chi connectivity index (χ3v) is 2.72. The molecule has 0 aromatic heterocycles. The van der Waals surface area contributed by atoms with E-state index in [2.05, 4.69) is 10.1 Å². The summed E-state index contributed by atoms with van der Waals surface area (Å²) >= 11 is 0. The summed E-state index contributed by atoms with van der Waals surface area (Å²) in [6.45, 7) is 5.50. The van der Waals surface area contributed by atoms with Crippen molar-refractivity contribution in [3.05, 3.63) is 29.3 Å². The first-order valence-electron chi connectivity index (χ1n) is 5.49. The molecular weight excluding hydrogens is 218 g/mol. The van der Waals surface area contributed by atoms with Gasteiger partial charge in [-0.3, -0.25) is 0 Å². The Kier molecular flexibility index (Phi) is 4.12. The SMILES string of the molecule is COC(=O)C(C)(O)CNc1c(C)cccc1C. The molecule has 1 rings (SSSR count). The molecule has 1 aromatic carbocycles. The maximum Gasteiger partial charge on any atom is 0.339 e. The second-order valence-corrected chi connectivity index (χ2v) is 4.39. The molecule has 94 valence electrons. The molecule has 0 amide bonds. The number of nitrogens with one attached hydrogen (secondary N) is 1. The zero-order valence-electron chi connectivity index (χ0n) is 10.7. The summed E-state index contributed by atoms with van der Waals surface area (Å²) < 4.78 is 4.53. The van der Waals surface area contributed by atoms with E-state index in [4.69, 9.17) is 0 Å². The van der Waals surface area contributed by atoms with Crippen LogP contribution in [0.15, 0.2) is 18.2 Å². The van der Waals surface area contributed by atoms with Gasteiger partial charge in [0.2, 0.25) is 0 Å². The van der Waals surface area contributed by atoms with E-state index in [0.717, 1.165) is 16.8 Å². The molecule has 0 saturated carbocycles. The number of carbonyl (C=O) groups excluding carboxylic acids is 1. The Morgan fingerprint density at radius 1 is 1.41 bits per heavy atom. The quantitative estimate of drug-likeness (QED) is 0.782. The van der Waals surface area contributed by atoms with Gasteiger partial charge in [0.1, 0.15) is 0 Å². The van der Waals surface area contributed by atoms with Crippen molar-refractivity contribution in [2.24, 2.45) is 0 Å². The molecule has 4 nitrogen and oxygen atoms in total. The number of rotatable bonds is 4. The largest absolute Gasteiger partial charge is 0.467 e. The summed E-state index contributed by atoms with van der Waals surface area (Å²) in [7, 11) is 1.26. The third-order valence-electron chi connectivity index (χ3n) is 2.72. The average Bonchev–Trinajstić information content (AvgIpc) is 2.27. The predicted molar refractivity (Wildman–Crippen MR) is 67.0 cm³/mol. The van der Waals surface area contributed by atoms with Gasteiger partial charge in [-0.2, -0.15) is 0 Å². The number of para-hydroxylation sites is 1. The van der Waals surface area contributed by atoms with E-state index >= 15 is 0 Å². The van der Waals surface area contributed by atoms with Gasteiger partial charge in [0.05, 0.1) is 13.7 Å². The Morgan fingerprint density at radius 2 is 1.94 bits per heavy atom. The highest BCUT2D eigenvalue weighted by atomic mass is 16.5. The van der Waals surface area contributed by atoms with Crippen molar-refractivity contribution < 1.29 is 14.6 Å². The van der Waals surface area contributed by atoms with Crippen LogP contribution in [0.3, 0.4) is 0 Å². The number of aryl methyl sites for hydroxylation is 2. The normalized spacial score (nSPS) is 13.9. The number of benzene rings is 1. The van der Waals surface area contributed by atoms with Crippen molar-refractivity contribution in [3.8, 4) is 0 Å². The van der Waals surface area contributed by atoms with E-state index in [1.807, 2.05) is 32.0 Å². The molecule has 1 aromatic rings. The summed E-state index contributed by atoms with van der Waals surface area (Å²) in [6, 6.07) is 5.92. The first-order valence-corrected chi connectivity index (χ1v) is 5.49. The first-order chi connectivity index (χ1) is 7.88. The van der Waals surface area contributed by atoms with E-state index in [9.17, 15) is 9.90 Å². The van der Waals surface area contributed by atoms with Crippen molar-refractivity contribution in [2.45, 2.75) is 26.4 Å². The predicted octanol–water partition coefficient (Wildman–Crippen LogP) is 1.64. The molecule has 0 bridgehead atoms. The number of aliphatic hydroxyl groups is 1. The van der Waals surface area contributed by atoms with Gasteiger partial charge in [-0.15, -0.1) is 0 Å². The molecular formula is C13H19NO3. The average molecular weight is 237 g/mol. The molecule has 4 heteroatoms. The van der Waals surface area contributed by atoms with E-state index in [0.29, 0.717) is 0 Å². The van der Waals surface area contributed by atoms with Crippen molar-refractivity contribution in [1.29, 1.82) is 0 Å². The summed E-state index contributed by atoms with van der Waals surface area (Å²) in [5, 5.41) is 13.0. The number of methoxy groups -OCH3 is 1. The summed E-state index contributed by atoms with van der Waals surface area (Å²) in [5.74, 6) is -0.642. The molecule has 0 heterocycles. The smallest absolute Gasteiger partial charge is 0.339 e. The van der Waals surface area contributed by atoms with Crippen LogP contribution in [0.4, 0.5) is 5.69 Å². The molecule has 0 aliphatic rings. The molecule has 0 fully saturated rings. The Balaban J connectivity index is 2.77. The maximum absolute atomic E-state index is 11.3. The van der Waals surface area contributed by atoms with Crippen molar-refractivity contribution >= 4 is 11.7 Å². The van der Waals surface area contributed by atoms with Crippen LogP contribution in [0, 0.1) is 13.8 Å². The van der Waals surface area contributed by atoms with Gasteiger partial charge in [0.25, 0.3) is 0 Å². The standard InChI is InChI=1S/C13H19NO3/c1-9-6-5-7-10(2)11(9)14-8-13(3,16)12(15)17-4/h5-7,14,16H,8H2,1-4H3. The number of carbonyl (C=O) groups is 1. The van der Waals surface area contributed by atoms with Gasteiger partial charge in [-0.25, -0.2) is 4.79 Å². The molecule has 0 aliphatic heterocycles. The summed E-state index contributed by atoms with van der Waals surface area (Å²) in [5.41, 5.74) is 1.57. The fraction of sp³-hybridized carbons (Fsp3) is 0.462. The van der Waals surface area contributed by atoms with Crippen LogP contribution in [-0.4, -0.2) is 30.3 Å². The molecule has 0 aliphatic carbocycles. The van der Waals surface area contributed by atoms with Crippen LogP contribution >= 0.6 is 0 Å². The Bertz CT molecular complexity index is 393. The van der Waals surface area contributed by atoms with E-state index in [1.54, 1.807) is 0 Å². The lowest BCUT2D eigenvalue weighted by Gasteiger charge is -2.22. The van der Waals surface area contributed by atoms with Crippen LogP contribution in [0.2, 0.25) is 0 Å². The van der Waals surface area contributed by atoms with Gasteiger partial charge in [0, 0.05) is 5.69 Å². The minimum Gasteiger partial charge on any atom is -0.467 e. The molecule has 17 heavy (non-hydrogen) atoms. The van der Waals surface area contributed by atoms with E-state index < -0.39 is 11.6 Å². The van der Waals surface area contributed by atoms with Crippen LogP contribution in [0.25, 0.3) is 0 Å². The lowest BCUT2D eigenvalue weighted by Crippen LogP contribution is -2.43. The lowest BCUT2D eigenvalue weighted by atomic mass is 10.1. The van der Waals surface area contributed by atoms with Crippen LogP contribution in [-0.2, 0) is 9.53 Å². The van der Waals surface area contributed by atoms with E-state index in [-0.39, 0.29) is 6.54 Å². The van der Waals surface area contributed by atoms with Gasteiger partial charge in [0.15, 0.2) is 5.60 Å². The number of ether oxygens (including phenoxy) is 1. The molecule has 1 unspecified atom stereocenters. The number of hydrogen-bond donors (Lipinski definition) is 2. The monoisotopic (exact) mass is 237 g/mol. The molecule has 0 radical (unpaired) electrons. The first kappa shape index (κ1) is 13.5. The summed E-state index contributed by atoms with van der Waals surface area (Å²) in [6.07, 6.45) is 0.